The third-order valence-corrected chi connectivity index (χ3v) is 5.23. The van der Waals surface area contributed by atoms with Crippen molar-refractivity contribution < 1.29 is 32.3 Å². The van der Waals surface area contributed by atoms with E-state index < -0.39 is 41.6 Å². The van der Waals surface area contributed by atoms with Crippen molar-refractivity contribution in [2.75, 3.05) is 10.2 Å². The van der Waals surface area contributed by atoms with E-state index in [0.717, 1.165) is 30.3 Å². The lowest BCUT2D eigenvalue weighted by molar-refractivity contribution is -0.137. The first-order valence-corrected chi connectivity index (χ1v) is 9.57. The van der Waals surface area contributed by atoms with Gasteiger partial charge in [-0.25, -0.2) is 14.2 Å². The smallest absolute Gasteiger partial charge is 0.416 e. The van der Waals surface area contributed by atoms with Gasteiger partial charge >= 0.3 is 12.1 Å². The summed E-state index contributed by atoms with van der Waals surface area (Å²) in [7, 11) is 0. The van der Waals surface area contributed by atoms with E-state index in [1.165, 1.54) is 35.4 Å². The maximum Gasteiger partial charge on any atom is 0.416 e. The highest BCUT2D eigenvalue weighted by Gasteiger charge is 2.42. The highest BCUT2D eigenvalue weighted by molar-refractivity contribution is 6.01. The average molecular weight is 460 g/mol. The number of carboxylic acids is 1. The number of carbonyl (C=O) groups is 2. The van der Waals surface area contributed by atoms with Crippen LogP contribution in [0.1, 0.15) is 39.3 Å². The monoisotopic (exact) mass is 460 g/mol. The molecule has 0 saturated heterocycles. The highest BCUT2D eigenvalue weighted by Crippen LogP contribution is 2.47. The average Bonchev–Trinajstić information content (AvgIpc) is 3.13. The minimum atomic E-state index is -4.68. The summed E-state index contributed by atoms with van der Waals surface area (Å²) in [5.41, 5.74) is 4.68. The topological polar surface area (TPSA) is 109 Å². The number of aromatic carboxylic acids is 1. The summed E-state index contributed by atoms with van der Waals surface area (Å²) < 4.78 is 53.5. The first-order valence-electron chi connectivity index (χ1n) is 9.57. The predicted molar refractivity (Wildman–Crippen MR) is 110 cm³/mol. The number of primary amides is 1. The molecule has 2 heterocycles. The van der Waals surface area contributed by atoms with Gasteiger partial charge in [-0.15, -0.1) is 0 Å². The van der Waals surface area contributed by atoms with Crippen LogP contribution < -0.4 is 16.0 Å². The number of halogens is 4. The zero-order valence-electron chi connectivity index (χ0n) is 16.7. The highest BCUT2D eigenvalue weighted by atomic mass is 19.4. The van der Waals surface area contributed by atoms with Gasteiger partial charge < -0.3 is 21.1 Å². The van der Waals surface area contributed by atoms with Crippen molar-refractivity contribution in [1.82, 2.24) is 4.98 Å². The number of pyridine rings is 1. The summed E-state index contributed by atoms with van der Waals surface area (Å²) in [6, 6.07) is 8.87. The molecule has 0 radical (unpaired) electrons. The Labute approximate surface area is 184 Å². The molecule has 0 spiro atoms. The number of hydrogen-bond donors (Lipinski definition) is 3. The molecule has 2 unspecified atom stereocenters. The normalized spacial score (nSPS) is 16.1. The summed E-state index contributed by atoms with van der Waals surface area (Å²) in [6.07, 6.45) is -4.41. The van der Waals surface area contributed by atoms with Crippen LogP contribution in [0.5, 0.6) is 0 Å². The molecule has 4 rings (SSSR count). The molecule has 33 heavy (non-hydrogen) atoms. The Balaban J connectivity index is 1.94. The number of aromatic nitrogens is 1. The molecule has 11 heteroatoms. The Morgan fingerprint density at radius 1 is 1.12 bits per heavy atom. The summed E-state index contributed by atoms with van der Waals surface area (Å²) in [5.74, 6) is -2.80. The third-order valence-electron chi connectivity index (χ3n) is 5.23. The van der Waals surface area contributed by atoms with E-state index in [4.69, 9.17) is 5.73 Å². The number of rotatable bonds is 5. The minimum Gasteiger partial charge on any atom is -0.478 e. The lowest BCUT2D eigenvalue weighted by atomic mass is 9.99. The molecule has 0 saturated carbocycles. The van der Waals surface area contributed by atoms with Crippen molar-refractivity contribution in [1.29, 1.82) is 0 Å². The maximum absolute atomic E-state index is 13.5. The fraction of sp³-hybridized carbons (Fsp3) is 0.136. The molecule has 170 valence electrons. The first-order chi connectivity index (χ1) is 15.6. The van der Waals surface area contributed by atoms with E-state index in [9.17, 15) is 32.3 Å². The number of nitrogens with two attached hydrogens (primary N) is 1. The van der Waals surface area contributed by atoms with E-state index in [2.05, 4.69) is 10.3 Å². The third kappa shape index (κ3) is 4.04. The van der Waals surface area contributed by atoms with E-state index in [1.807, 2.05) is 0 Å². The molecule has 0 bridgehead atoms. The number of hydrogen-bond acceptors (Lipinski definition) is 5. The number of nitrogens with zero attached hydrogens (tertiary/aromatic N) is 2. The predicted octanol–water partition coefficient (Wildman–Crippen LogP) is 4.10. The Hall–Kier alpha value is -4.15. The largest absolute Gasteiger partial charge is 0.478 e. The number of carbonyl (C=O) groups excluding carboxylic acids is 1. The van der Waals surface area contributed by atoms with E-state index in [0.29, 0.717) is 5.56 Å². The molecule has 1 aliphatic heterocycles. The molecule has 1 amide bonds. The molecular formula is C22H16F4N4O3. The second-order valence-corrected chi connectivity index (χ2v) is 7.29. The van der Waals surface area contributed by atoms with Crippen molar-refractivity contribution >= 4 is 23.4 Å². The van der Waals surface area contributed by atoms with Crippen LogP contribution in [0.3, 0.4) is 0 Å². The first kappa shape index (κ1) is 22.1. The second-order valence-electron chi connectivity index (χ2n) is 7.29. The van der Waals surface area contributed by atoms with Gasteiger partial charge in [-0.05, 0) is 41.5 Å². The number of nitrogens with one attached hydrogen (secondary N) is 1. The molecule has 2 atom stereocenters. The van der Waals surface area contributed by atoms with E-state index in [-0.39, 0.29) is 22.6 Å². The Kier molecular flexibility index (Phi) is 5.40. The van der Waals surface area contributed by atoms with Crippen LogP contribution >= 0.6 is 0 Å². The van der Waals surface area contributed by atoms with Crippen LogP contribution in [0.25, 0.3) is 0 Å². The van der Waals surface area contributed by atoms with Gasteiger partial charge in [0.2, 0.25) is 5.91 Å². The quantitative estimate of drug-likeness (QED) is 0.495. The molecule has 4 N–H and O–H groups in total. The Morgan fingerprint density at radius 3 is 2.42 bits per heavy atom. The van der Waals surface area contributed by atoms with Crippen molar-refractivity contribution in [2.24, 2.45) is 5.73 Å². The molecule has 7 nitrogen and oxygen atoms in total. The lowest BCUT2D eigenvalue weighted by Gasteiger charge is -2.34. The van der Waals surface area contributed by atoms with Gasteiger partial charge in [-0.1, -0.05) is 24.3 Å². The molecular weight excluding hydrogens is 444 g/mol. The van der Waals surface area contributed by atoms with Crippen molar-refractivity contribution in [2.45, 2.75) is 18.4 Å². The SMILES string of the molecule is NC(=O)C(c1cccc(C(F)(F)F)c1)N1c2c(C(=O)O)ccnc2NC1c1ccc(F)cc1. The van der Waals surface area contributed by atoms with Gasteiger partial charge in [-0.3, -0.25) is 4.79 Å². The van der Waals surface area contributed by atoms with Crippen LogP contribution in [0.2, 0.25) is 0 Å². The molecule has 0 aliphatic carbocycles. The van der Waals surface area contributed by atoms with Gasteiger partial charge in [0.05, 0.1) is 16.8 Å². The number of benzene rings is 2. The van der Waals surface area contributed by atoms with Crippen LogP contribution in [0.4, 0.5) is 29.1 Å². The number of alkyl halides is 3. The second kappa shape index (κ2) is 8.08. The zero-order chi connectivity index (χ0) is 23.9. The number of fused-ring (bicyclic) bond motifs is 1. The van der Waals surface area contributed by atoms with Crippen molar-refractivity contribution in [3.8, 4) is 0 Å². The molecule has 1 aromatic heterocycles. The van der Waals surface area contributed by atoms with Gasteiger partial charge in [0.25, 0.3) is 0 Å². The van der Waals surface area contributed by atoms with Crippen LogP contribution in [0.15, 0.2) is 60.8 Å². The Morgan fingerprint density at radius 2 is 1.82 bits per heavy atom. The van der Waals surface area contributed by atoms with Crippen molar-refractivity contribution in [3.05, 3.63) is 88.9 Å². The van der Waals surface area contributed by atoms with Gasteiger partial charge in [0.1, 0.15) is 18.0 Å². The standard InChI is InChI=1S/C22H16F4N4O3/c23-14-6-4-11(5-7-14)20-29-19-17(15(21(32)33)8-9-28-19)30(20)16(18(27)31)12-2-1-3-13(10-12)22(24,25)26/h1-10,16,20H,(H2,27,31)(H,28,29)(H,32,33). The zero-order valence-corrected chi connectivity index (χ0v) is 16.7. The molecule has 3 aromatic rings. The van der Waals surface area contributed by atoms with Crippen LogP contribution in [-0.2, 0) is 11.0 Å². The van der Waals surface area contributed by atoms with Crippen molar-refractivity contribution in [3.63, 3.8) is 0 Å². The summed E-state index contributed by atoms with van der Waals surface area (Å²) in [5, 5.41) is 12.7. The van der Waals surface area contributed by atoms with Gasteiger partial charge in [0.15, 0.2) is 5.82 Å². The van der Waals surface area contributed by atoms with Gasteiger partial charge in [0, 0.05) is 6.20 Å². The number of amides is 1. The summed E-state index contributed by atoms with van der Waals surface area (Å²) in [4.78, 5) is 29.9. The minimum absolute atomic E-state index is 0.0273. The Bertz CT molecular complexity index is 1230. The number of carboxylic acid groups (broad SMARTS) is 1. The van der Waals surface area contributed by atoms with E-state index >= 15 is 0 Å². The van der Waals surface area contributed by atoms with Crippen LogP contribution in [0, 0.1) is 5.82 Å². The van der Waals surface area contributed by atoms with Gasteiger partial charge in [-0.2, -0.15) is 13.2 Å². The fourth-order valence-corrected chi connectivity index (χ4v) is 3.84. The summed E-state index contributed by atoms with van der Waals surface area (Å²) in [6.45, 7) is 0. The molecule has 2 aromatic carbocycles. The fourth-order valence-electron chi connectivity index (χ4n) is 3.84. The molecule has 1 aliphatic rings. The lowest BCUT2D eigenvalue weighted by Crippen LogP contribution is -2.40. The maximum atomic E-state index is 13.5. The molecule has 0 fully saturated rings. The summed E-state index contributed by atoms with van der Waals surface area (Å²) >= 11 is 0. The van der Waals surface area contributed by atoms with E-state index in [1.54, 1.807) is 0 Å². The van der Waals surface area contributed by atoms with Crippen LogP contribution in [-0.4, -0.2) is 22.0 Å². The number of anilines is 2.